The first-order chi connectivity index (χ1) is 25.9. The summed E-state index contributed by atoms with van der Waals surface area (Å²) in [7, 11) is -2.25. The maximum Gasteiger partial charge on any atom is 0.335 e. The maximum absolute atomic E-state index is 13.6. The van der Waals surface area contributed by atoms with Crippen molar-refractivity contribution in [2.75, 3.05) is 11.3 Å². The topological polar surface area (TPSA) is 170 Å². The second-order valence-corrected chi connectivity index (χ2v) is 17.3. The Morgan fingerprint density at radius 1 is 1.04 bits per heavy atom. The molecule has 3 N–H and O–H groups in total. The highest BCUT2D eigenvalue weighted by atomic mass is 32.2. The van der Waals surface area contributed by atoms with Crippen molar-refractivity contribution < 1.29 is 27.8 Å². The van der Waals surface area contributed by atoms with Crippen LogP contribution in [-0.2, 0) is 27.2 Å². The van der Waals surface area contributed by atoms with E-state index in [4.69, 9.17) is 24.4 Å². The predicted octanol–water partition coefficient (Wildman–Crippen LogP) is 7.20. The van der Waals surface area contributed by atoms with Crippen LogP contribution in [0.15, 0.2) is 59.6 Å². The molecule has 3 aromatic heterocycles. The van der Waals surface area contributed by atoms with Gasteiger partial charge < -0.3 is 24.5 Å². The summed E-state index contributed by atoms with van der Waals surface area (Å²) in [6.07, 6.45) is 4.14. The van der Waals surface area contributed by atoms with E-state index in [1.807, 2.05) is 66.1 Å². The number of nitrogens with zero attached hydrogens (tertiary/aromatic N) is 5. The largest absolute Gasteiger partial charge is 0.478 e. The molecule has 0 aliphatic carbocycles. The summed E-state index contributed by atoms with van der Waals surface area (Å²) in [6, 6.07) is 12.7. The highest BCUT2D eigenvalue weighted by Crippen LogP contribution is 2.35. The number of benzene rings is 2. The number of rotatable bonds is 11. The molecule has 13 nitrogen and oxygen atoms in total. The van der Waals surface area contributed by atoms with Crippen LogP contribution in [0.4, 0.5) is 5.95 Å². The van der Waals surface area contributed by atoms with Gasteiger partial charge in [-0.3, -0.25) is 4.98 Å². The minimum Gasteiger partial charge on any atom is -0.478 e. The number of ether oxygens (including phenoxy) is 2. The van der Waals surface area contributed by atoms with Crippen LogP contribution < -0.4 is 14.8 Å². The Balaban J connectivity index is 1.36. The standard InChI is InChI=1S/C41H51N7O6S/c1-23(2)54-33-18-12-17-29(31-21-42-30-20-34(41(6,7)8)48(9)37(30)44-31)43-32(33)22-53-38-26(5)36(35-24(3)13-10-14-25(35)4)45-40(46-38)47-55(51,52)28-16-11-15-27(19-28)39(49)50/h10-11,13-16,19-21,23,29,32-33,43H,12,17-18,22H2,1-9H3,(H,49,50)(H,45,46,47)/t29-,32-,33+/m0/s1. The number of anilines is 1. The molecule has 0 bridgehead atoms. The van der Waals surface area contributed by atoms with E-state index in [1.165, 1.54) is 18.2 Å². The van der Waals surface area contributed by atoms with Gasteiger partial charge in [0.05, 0.1) is 52.3 Å². The van der Waals surface area contributed by atoms with Crippen LogP contribution in [-0.4, -0.2) is 68.9 Å². The lowest BCUT2D eigenvalue weighted by Crippen LogP contribution is -2.46. The number of hydrogen-bond acceptors (Lipinski definition) is 10. The van der Waals surface area contributed by atoms with Gasteiger partial charge in [-0.2, -0.15) is 4.98 Å². The van der Waals surface area contributed by atoms with Gasteiger partial charge in [-0.25, -0.2) is 27.9 Å². The fraction of sp³-hybridized carbons (Fsp3) is 0.439. The summed E-state index contributed by atoms with van der Waals surface area (Å²) in [4.78, 5) is 30.6. The van der Waals surface area contributed by atoms with E-state index < -0.39 is 16.0 Å². The molecule has 0 radical (unpaired) electrons. The Morgan fingerprint density at radius 2 is 1.75 bits per heavy atom. The smallest absolute Gasteiger partial charge is 0.335 e. The SMILES string of the molecule is Cc1cccc(C)c1-c1nc(NS(=O)(=O)c2cccc(C(=O)O)c2)nc(OC[C@@H]2N[C@H](c3cnc4cc(C(C)(C)C)n(C)c4n3)CCC[C@H]2OC(C)C)c1C. The zero-order chi connectivity index (χ0) is 39.8. The van der Waals surface area contributed by atoms with E-state index in [0.29, 0.717) is 11.3 Å². The molecule has 14 heteroatoms. The molecule has 0 amide bonds. The van der Waals surface area contributed by atoms with Gasteiger partial charge in [-0.05, 0) is 89.3 Å². The lowest BCUT2D eigenvalue weighted by molar-refractivity contribution is -0.0249. The monoisotopic (exact) mass is 769 g/mol. The van der Waals surface area contributed by atoms with Crippen molar-refractivity contribution in [2.45, 2.75) is 109 Å². The Hall–Kier alpha value is -4.92. The summed E-state index contributed by atoms with van der Waals surface area (Å²) in [5.41, 5.74) is 7.31. The average Bonchev–Trinajstić information content (AvgIpc) is 3.33. The van der Waals surface area contributed by atoms with Gasteiger partial charge >= 0.3 is 5.97 Å². The lowest BCUT2D eigenvalue weighted by Gasteiger charge is -2.30. The molecule has 1 aliphatic heterocycles. The molecule has 2 aromatic carbocycles. The van der Waals surface area contributed by atoms with E-state index in [1.54, 1.807) is 0 Å². The van der Waals surface area contributed by atoms with E-state index in [9.17, 15) is 18.3 Å². The van der Waals surface area contributed by atoms with E-state index in [2.05, 4.69) is 46.4 Å². The molecule has 1 saturated heterocycles. The predicted molar refractivity (Wildman–Crippen MR) is 212 cm³/mol. The van der Waals surface area contributed by atoms with Crippen molar-refractivity contribution in [3.8, 4) is 17.1 Å². The molecule has 4 heterocycles. The lowest BCUT2D eigenvalue weighted by atomic mass is 9.92. The van der Waals surface area contributed by atoms with E-state index in [0.717, 1.165) is 64.6 Å². The third-order valence-electron chi connectivity index (χ3n) is 10.0. The second kappa shape index (κ2) is 15.7. The minimum atomic E-state index is -4.29. The summed E-state index contributed by atoms with van der Waals surface area (Å²) in [6.45, 7) is 16.5. The third kappa shape index (κ3) is 8.66. The fourth-order valence-corrected chi connectivity index (χ4v) is 8.30. The van der Waals surface area contributed by atoms with Gasteiger partial charge in [-0.1, -0.05) is 45.0 Å². The molecule has 0 spiro atoms. The van der Waals surface area contributed by atoms with Gasteiger partial charge in [0.2, 0.25) is 11.8 Å². The number of sulfonamides is 1. The van der Waals surface area contributed by atoms with Crippen LogP contribution in [0.5, 0.6) is 5.88 Å². The number of aromatic carboxylic acids is 1. The van der Waals surface area contributed by atoms with Crippen molar-refractivity contribution in [3.05, 3.63) is 88.4 Å². The Bertz CT molecular complexity index is 2310. The number of carboxylic acids is 1. The molecule has 0 unspecified atom stereocenters. The number of hydrogen-bond donors (Lipinski definition) is 3. The summed E-state index contributed by atoms with van der Waals surface area (Å²) in [5, 5.41) is 13.3. The van der Waals surface area contributed by atoms with E-state index >= 15 is 0 Å². The van der Waals surface area contributed by atoms with Crippen LogP contribution in [0.1, 0.15) is 98.4 Å². The quantitative estimate of drug-likeness (QED) is 0.124. The molecule has 55 heavy (non-hydrogen) atoms. The Morgan fingerprint density at radius 3 is 2.42 bits per heavy atom. The molecule has 1 fully saturated rings. The zero-order valence-corrected chi connectivity index (χ0v) is 33.8. The molecule has 5 aromatic rings. The number of fused-ring (bicyclic) bond motifs is 1. The molecule has 292 valence electrons. The molecular formula is C41H51N7O6S. The Labute approximate surface area is 323 Å². The molecule has 1 aliphatic rings. The van der Waals surface area contributed by atoms with Crippen LogP contribution in [0, 0.1) is 20.8 Å². The number of carbonyl (C=O) groups is 1. The second-order valence-electron chi connectivity index (χ2n) is 15.7. The number of aromatic nitrogens is 5. The van der Waals surface area contributed by atoms with Crippen molar-refractivity contribution in [1.29, 1.82) is 0 Å². The van der Waals surface area contributed by atoms with Crippen molar-refractivity contribution >= 4 is 33.1 Å². The van der Waals surface area contributed by atoms with Crippen LogP contribution in [0.2, 0.25) is 0 Å². The van der Waals surface area contributed by atoms with Crippen molar-refractivity contribution in [1.82, 2.24) is 29.8 Å². The third-order valence-corrected chi connectivity index (χ3v) is 11.3. The maximum atomic E-state index is 13.6. The zero-order valence-electron chi connectivity index (χ0n) is 33.0. The van der Waals surface area contributed by atoms with Gasteiger partial charge in [0.1, 0.15) is 12.1 Å². The molecule has 6 rings (SSSR count). The average molecular weight is 770 g/mol. The number of nitrogens with one attached hydrogen (secondary N) is 2. The van der Waals surface area contributed by atoms with E-state index in [-0.39, 0.29) is 58.6 Å². The van der Waals surface area contributed by atoms with Crippen LogP contribution >= 0.6 is 0 Å². The highest BCUT2D eigenvalue weighted by molar-refractivity contribution is 7.92. The minimum absolute atomic E-state index is 0.0294. The highest BCUT2D eigenvalue weighted by Gasteiger charge is 2.32. The summed E-state index contributed by atoms with van der Waals surface area (Å²) in [5.74, 6) is -1.25. The molecule has 0 saturated carbocycles. The number of aryl methyl sites for hydroxylation is 3. The first kappa shape index (κ1) is 39.8. The van der Waals surface area contributed by atoms with Gasteiger partial charge in [-0.15, -0.1) is 0 Å². The first-order valence-electron chi connectivity index (χ1n) is 18.6. The Kier molecular flexibility index (Phi) is 11.3. The first-order valence-corrected chi connectivity index (χ1v) is 20.1. The fourth-order valence-electron chi connectivity index (χ4n) is 7.31. The van der Waals surface area contributed by atoms with Crippen molar-refractivity contribution in [2.24, 2.45) is 7.05 Å². The van der Waals surface area contributed by atoms with Crippen molar-refractivity contribution in [3.63, 3.8) is 0 Å². The molecular weight excluding hydrogens is 719 g/mol. The number of carboxylic acid groups (broad SMARTS) is 1. The van der Waals surface area contributed by atoms with Gasteiger partial charge in [0, 0.05) is 29.3 Å². The summed E-state index contributed by atoms with van der Waals surface area (Å²) < 4.78 is 44.8. The van der Waals surface area contributed by atoms with Crippen LogP contribution in [0.3, 0.4) is 0 Å². The van der Waals surface area contributed by atoms with Crippen LogP contribution in [0.25, 0.3) is 22.4 Å². The van der Waals surface area contributed by atoms with Gasteiger partial charge in [0.15, 0.2) is 5.65 Å². The normalized spacial score (nSPS) is 18.0. The summed E-state index contributed by atoms with van der Waals surface area (Å²) >= 11 is 0. The van der Waals surface area contributed by atoms with Gasteiger partial charge in [0.25, 0.3) is 10.0 Å². The molecule has 3 atom stereocenters.